The van der Waals surface area contributed by atoms with E-state index in [-0.39, 0.29) is 11.9 Å². The molecule has 2 heterocycles. The number of nitrogens with zero attached hydrogens (tertiary/aromatic N) is 3. The summed E-state index contributed by atoms with van der Waals surface area (Å²) in [5, 5.41) is 0. The van der Waals surface area contributed by atoms with Crippen LogP contribution in [0.3, 0.4) is 0 Å². The lowest BCUT2D eigenvalue weighted by Gasteiger charge is -2.42. The van der Waals surface area contributed by atoms with Gasteiger partial charge in [0.1, 0.15) is 0 Å². The topological polar surface area (TPSA) is 28.5 Å². The number of benzene rings is 4. The largest absolute Gasteiger partial charge is 0.333 e. The smallest absolute Gasteiger partial charge is 0.256 e. The number of aromatic nitrogens is 1. The minimum Gasteiger partial charge on any atom is -0.333 e. The summed E-state index contributed by atoms with van der Waals surface area (Å²) in [5.41, 5.74) is 7.35. The van der Waals surface area contributed by atoms with Crippen molar-refractivity contribution < 1.29 is 4.79 Å². The molecule has 6 rings (SSSR count). The number of piperazine rings is 1. The maximum atomic E-state index is 14.6. The fourth-order valence-electron chi connectivity index (χ4n) is 6.02. The minimum absolute atomic E-state index is 0.0699. The summed E-state index contributed by atoms with van der Waals surface area (Å²) < 4.78 is 3.22. The van der Waals surface area contributed by atoms with E-state index in [0.29, 0.717) is 6.54 Å². The zero-order chi connectivity index (χ0) is 28.2. The SMILES string of the molecule is Cc1cc(C(=O)N2CCN(Cc3ccccc3)CC2Cc2ccccc2)c(-c2ccccc2)n1-c1cccc(Br)c1. The second-order valence-corrected chi connectivity index (χ2v) is 11.7. The van der Waals surface area contributed by atoms with Crippen molar-refractivity contribution in [3.05, 3.63) is 148 Å². The van der Waals surface area contributed by atoms with Crippen molar-refractivity contribution in [2.75, 3.05) is 19.6 Å². The van der Waals surface area contributed by atoms with E-state index in [4.69, 9.17) is 0 Å². The highest BCUT2D eigenvalue weighted by atomic mass is 79.9. The third-order valence-corrected chi connectivity index (χ3v) is 8.41. The molecule has 1 saturated heterocycles. The van der Waals surface area contributed by atoms with Crippen LogP contribution in [0, 0.1) is 6.92 Å². The second kappa shape index (κ2) is 12.3. The van der Waals surface area contributed by atoms with Crippen LogP contribution in [0.1, 0.15) is 27.2 Å². The fraction of sp³-hybridized carbons (Fsp3) is 0.194. The predicted molar refractivity (Wildman–Crippen MR) is 170 cm³/mol. The molecule has 1 aromatic heterocycles. The average molecular weight is 605 g/mol. The maximum Gasteiger partial charge on any atom is 0.256 e. The Balaban J connectivity index is 1.38. The van der Waals surface area contributed by atoms with Crippen LogP contribution in [0.25, 0.3) is 16.9 Å². The Morgan fingerprint density at radius 3 is 2.12 bits per heavy atom. The van der Waals surface area contributed by atoms with Gasteiger partial charge in [0.2, 0.25) is 0 Å². The molecule has 1 atom stereocenters. The van der Waals surface area contributed by atoms with Gasteiger partial charge < -0.3 is 9.47 Å². The average Bonchev–Trinajstić information content (AvgIpc) is 3.35. The van der Waals surface area contributed by atoms with Gasteiger partial charge in [-0.25, -0.2) is 0 Å². The van der Waals surface area contributed by atoms with Crippen LogP contribution in [0.5, 0.6) is 0 Å². The van der Waals surface area contributed by atoms with Crippen LogP contribution in [-0.4, -0.2) is 46.0 Å². The standard InChI is InChI=1S/C36H34BrN3O/c1-27-22-34(35(30-16-9-4-10-17-30)40(27)32-19-11-18-31(37)24-32)36(41)39-21-20-38(25-29-14-7-3-8-15-29)26-33(39)23-28-12-5-2-6-13-28/h2-19,22,24,33H,20-21,23,25-26H2,1H3. The number of amides is 1. The molecule has 5 aromatic rings. The van der Waals surface area contributed by atoms with E-state index in [1.807, 2.05) is 30.3 Å². The first-order valence-corrected chi connectivity index (χ1v) is 15.0. The number of carbonyl (C=O) groups excluding carboxylic acids is 1. The summed E-state index contributed by atoms with van der Waals surface area (Å²) in [4.78, 5) is 19.2. The van der Waals surface area contributed by atoms with Crippen molar-refractivity contribution in [3.63, 3.8) is 0 Å². The van der Waals surface area contributed by atoms with Gasteiger partial charge in [-0.1, -0.05) is 113 Å². The van der Waals surface area contributed by atoms with Gasteiger partial charge >= 0.3 is 0 Å². The third kappa shape index (κ3) is 6.07. The van der Waals surface area contributed by atoms with Gasteiger partial charge in [-0.05, 0) is 54.3 Å². The van der Waals surface area contributed by atoms with Crippen molar-refractivity contribution in [1.29, 1.82) is 0 Å². The van der Waals surface area contributed by atoms with E-state index in [2.05, 4.69) is 128 Å². The molecule has 41 heavy (non-hydrogen) atoms. The highest BCUT2D eigenvalue weighted by Gasteiger charge is 2.33. The number of hydrogen-bond acceptors (Lipinski definition) is 2. The summed E-state index contributed by atoms with van der Waals surface area (Å²) in [7, 11) is 0. The minimum atomic E-state index is 0.0699. The number of halogens is 1. The Labute approximate surface area is 251 Å². The molecule has 0 bridgehead atoms. The van der Waals surface area contributed by atoms with Crippen molar-refractivity contribution in [3.8, 4) is 16.9 Å². The molecular formula is C36H34BrN3O. The molecule has 206 valence electrons. The van der Waals surface area contributed by atoms with Crippen molar-refractivity contribution in [2.24, 2.45) is 0 Å². The maximum absolute atomic E-state index is 14.6. The Morgan fingerprint density at radius 1 is 0.780 bits per heavy atom. The lowest BCUT2D eigenvalue weighted by atomic mass is 9.99. The summed E-state index contributed by atoms with van der Waals surface area (Å²) >= 11 is 3.64. The normalized spacial score (nSPS) is 15.7. The van der Waals surface area contributed by atoms with E-state index in [1.54, 1.807) is 0 Å². The van der Waals surface area contributed by atoms with Gasteiger partial charge in [0, 0.05) is 48.1 Å². The Bertz CT molecular complexity index is 1620. The fourth-order valence-corrected chi connectivity index (χ4v) is 6.41. The van der Waals surface area contributed by atoms with Gasteiger partial charge in [0.15, 0.2) is 0 Å². The molecule has 1 amide bonds. The molecule has 0 spiro atoms. The predicted octanol–water partition coefficient (Wildman–Crippen LogP) is 7.78. The monoisotopic (exact) mass is 603 g/mol. The zero-order valence-corrected chi connectivity index (χ0v) is 24.9. The van der Waals surface area contributed by atoms with Gasteiger partial charge in [-0.15, -0.1) is 0 Å². The van der Waals surface area contributed by atoms with Crippen LogP contribution >= 0.6 is 15.9 Å². The number of rotatable bonds is 7. The summed E-state index contributed by atoms with van der Waals surface area (Å²) in [5.74, 6) is 0.0981. The van der Waals surface area contributed by atoms with Gasteiger partial charge in [0.25, 0.3) is 5.91 Å². The summed E-state index contributed by atoms with van der Waals surface area (Å²) in [6.07, 6.45) is 0.823. The van der Waals surface area contributed by atoms with Crippen LogP contribution in [-0.2, 0) is 13.0 Å². The first-order valence-electron chi connectivity index (χ1n) is 14.2. The first-order chi connectivity index (χ1) is 20.1. The summed E-state index contributed by atoms with van der Waals surface area (Å²) in [6.45, 7) is 5.35. The van der Waals surface area contributed by atoms with E-state index in [0.717, 1.165) is 58.7 Å². The third-order valence-electron chi connectivity index (χ3n) is 7.92. The molecule has 1 aliphatic rings. The van der Waals surface area contributed by atoms with E-state index < -0.39 is 0 Å². The molecule has 4 aromatic carbocycles. The summed E-state index contributed by atoms with van der Waals surface area (Å²) in [6, 6.07) is 41.9. The molecule has 5 heteroatoms. The first kappa shape index (κ1) is 27.3. The molecule has 1 unspecified atom stereocenters. The number of hydrogen-bond donors (Lipinski definition) is 0. The van der Waals surface area contributed by atoms with Crippen LogP contribution < -0.4 is 0 Å². The van der Waals surface area contributed by atoms with Crippen molar-refractivity contribution >= 4 is 21.8 Å². The van der Waals surface area contributed by atoms with Crippen LogP contribution in [0.4, 0.5) is 0 Å². The van der Waals surface area contributed by atoms with E-state index in [9.17, 15) is 4.79 Å². The van der Waals surface area contributed by atoms with Crippen LogP contribution in [0.15, 0.2) is 126 Å². The van der Waals surface area contributed by atoms with Gasteiger partial charge in [0.05, 0.1) is 11.3 Å². The lowest BCUT2D eigenvalue weighted by Crippen LogP contribution is -2.55. The highest BCUT2D eigenvalue weighted by Crippen LogP contribution is 2.33. The molecule has 0 N–H and O–H groups in total. The van der Waals surface area contributed by atoms with E-state index >= 15 is 0 Å². The Morgan fingerprint density at radius 2 is 1.44 bits per heavy atom. The Hall–Kier alpha value is -3.93. The Kier molecular flexibility index (Phi) is 8.17. The quantitative estimate of drug-likeness (QED) is 0.190. The van der Waals surface area contributed by atoms with E-state index in [1.165, 1.54) is 11.1 Å². The second-order valence-electron chi connectivity index (χ2n) is 10.8. The molecule has 4 nitrogen and oxygen atoms in total. The van der Waals surface area contributed by atoms with Crippen molar-refractivity contribution in [2.45, 2.75) is 25.9 Å². The molecule has 0 saturated carbocycles. The number of carbonyl (C=O) groups is 1. The van der Waals surface area contributed by atoms with Crippen LogP contribution in [0.2, 0.25) is 0 Å². The van der Waals surface area contributed by atoms with Crippen molar-refractivity contribution in [1.82, 2.24) is 14.4 Å². The zero-order valence-electron chi connectivity index (χ0n) is 23.3. The molecule has 0 radical (unpaired) electrons. The molecule has 1 aliphatic heterocycles. The van der Waals surface area contributed by atoms with Gasteiger partial charge in [-0.3, -0.25) is 9.69 Å². The molecule has 0 aliphatic carbocycles. The number of aryl methyl sites for hydroxylation is 1. The lowest BCUT2D eigenvalue weighted by molar-refractivity contribution is 0.0439. The van der Waals surface area contributed by atoms with Gasteiger partial charge in [-0.2, -0.15) is 0 Å². The highest BCUT2D eigenvalue weighted by molar-refractivity contribution is 9.10. The molecule has 1 fully saturated rings. The molecular weight excluding hydrogens is 570 g/mol.